The Labute approximate surface area is 90.1 Å². The predicted octanol–water partition coefficient (Wildman–Crippen LogP) is 1.65. The van der Waals surface area contributed by atoms with Crippen LogP contribution in [-0.4, -0.2) is 26.0 Å². The van der Waals surface area contributed by atoms with E-state index in [0.29, 0.717) is 0 Å². The molecule has 1 aromatic carbocycles. The van der Waals surface area contributed by atoms with E-state index in [4.69, 9.17) is 0 Å². The number of nitrogens with zero attached hydrogens (tertiary/aromatic N) is 1. The second-order valence-corrected chi connectivity index (χ2v) is 3.82. The molecule has 1 saturated heterocycles. The van der Waals surface area contributed by atoms with Gasteiger partial charge in [-0.05, 0) is 31.0 Å². The lowest BCUT2D eigenvalue weighted by molar-refractivity contribution is 0.0963. The Morgan fingerprint density at radius 1 is 1.33 bits per heavy atom. The monoisotopic (exact) mass is 204 g/mol. The summed E-state index contributed by atoms with van der Waals surface area (Å²) in [4.78, 5) is 13.8. The number of carbonyl (C=O) groups is 1. The summed E-state index contributed by atoms with van der Waals surface area (Å²) in [6.45, 7) is 2.22. The number of nitrogens with one attached hydrogen (secondary N) is 1. The van der Waals surface area contributed by atoms with Crippen molar-refractivity contribution in [3.8, 4) is 0 Å². The number of rotatable bonds is 2. The zero-order valence-electron chi connectivity index (χ0n) is 8.99. The fourth-order valence-corrected chi connectivity index (χ4v) is 1.96. The minimum Gasteiger partial charge on any atom is -0.372 e. The van der Waals surface area contributed by atoms with Crippen molar-refractivity contribution in [1.29, 1.82) is 0 Å². The number of hydrogen-bond acceptors (Lipinski definition) is 2. The van der Waals surface area contributed by atoms with Gasteiger partial charge < -0.3 is 10.2 Å². The molecule has 0 saturated carbocycles. The van der Waals surface area contributed by atoms with E-state index in [-0.39, 0.29) is 5.91 Å². The molecule has 1 amide bonds. The molecule has 0 aliphatic carbocycles. The standard InChI is InChI=1S/C12H16N2O/c1-13-12(15)10-5-4-6-11(9-10)14-7-2-3-8-14/h4-6,9H,2-3,7-8H2,1H3,(H,13,15). The molecule has 0 bridgehead atoms. The van der Waals surface area contributed by atoms with Crippen molar-refractivity contribution in [3.05, 3.63) is 29.8 Å². The number of benzene rings is 1. The average molecular weight is 204 g/mol. The van der Waals surface area contributed by atoms with Gasteiger partial charge in [0.2, 0.25) is 0 Å². The molecule has 0 atom stereocenters. The quantitative estimate of drug-likeness (QED) is 0.794. The summed E-state index contributed by atoms with van der Waals surface area (Å²) in [7, 11) is 1.66. The topological polar surface area (TPSA) is 32.3 Å². The van der Waals surface area contributed by atoms with Crippen LogP contribution in [0.4, 0.5) is 5.69 Å². The van der Waals surface area contributed by atoms with Gasteiger partial charge >= 0.3 is 0 Å². The van der Waals surface area contributed by atoms with E-state index in [1.807, 2.05) is 18.2 Å². The Balaban J connectivity index is 2.21. The van der Waals surface area contributed by atoms with Crippen molar-refractivity contribution >= 4 is 11.6 Å². The lowest BCUT2D eigenvalue weighted by Gasteiger charge is -2.17. The van der Waals surface area contributed by atoms with E-state index in [1.54, 1.807) is 7.05 Å². The van der Waals surface area contributed by atoms with E-state index < -0.39 is 0 Å². The summed E-state index contributed by atoms with van der Waals surface area (Å²) in [6.07, 6.45) is 2.51. The highest BCUT2D eigenvalue weighted by Crippen LogP contribution is 2.20. The first-order valence-corrected chi connectivity index (χ1v) is 5.38. The van der Waals surface area contributed by atoms with Crippen LogP contribution < -0.4 is 10.2 Å². The molecule has 1 aliphatic rings. The molecule has 1 aliphatic heterocycles. The number of carbonyl (C=O) groups excluding carboxylic acids is 1. The smallest absolute Gasteiger partial charge is 0.251 e. The van der Waals surface area contributed by atoms with Gasteiger partial charge in [-0.1, -0.05) is 6.07 Å². The van der Waals surface area contributed by atoms with Gasteiger partial charge in [0.1, 0.15) is 0 Å². The third-order valence-corrected chi connectivity index (χ3v) is 2.81. The fraction of sp³-hybridized carbons (Fsp3) is 0.417. The van der Waals surface area contributed by atoms with Crippen LogP contribution >= 0.6 is 0 Å². The number of anilines is 1. The lowest BCUT2D eigenvalue weighted by Crippen LogP contribution is -2.20. The molecule has 1 N–H and O–H groups in total. The molecule has 15 heavy (non-hydrogen) atoms. The van der Waals surface area contributed by atoms with Gasteiger partial charge in [0.05, 0.1) is 0 Å². The zero-order valence-corrected chi connectivity index (χ0v) is 8.99. The minimum absolute atomic E-state index is 0.0175. The van der Waals surface area contributed by atoms with Gasteiger partial charge in [0, 0.05) is 31.4 Å². The van der Waals surface area contributed by atoms with Gasteiger partial charge in [-0.3, -0.25) is 4.79 Å². The van der Waals surface area contributed by atoms with Crippen molar-refractivity contribution in [1.82, 2.24) is 5.32 Å². The number of amides is 1. The van der Waals surface area contributed by atoms with Crippen LogP contribution in [0.2, 0.25) is 0 Å². The van der Waals surface area contributed by atoms with Crippen LogP contribution in [0.25, 0.3) is 0 Å². The molecular formula is C12H16N2O. The Kier molecular flexibility index (Phi) is 2.90. The molecule has 80 valence electrons. The average Bonchev–Trinajstić information content (AvgIpc) is 2.82. The number of hydrogen-bond donors (Lipinski definition) is 1. The highest BCUT2D eigenvalue weighted by molar-refractivity contribution is 5.94. The van der Waals surface area contributed by atoms with Crippen LogP contribution in [0.15, 0.2) is 24.3 Å². The fourth-order valence-electron chi connectivity index (χ4n) is 1.96. The predicted molar refractivity (Wildman–Crippen MR) is 61.3 cm³/mol. The maximum Gasteiger partial charge on any atom is 0.251 e. The molecule has 1 heterocycles. The first kappa shape index (κ1) is 10.0. The van der Waals surface area contributed by atoms with Crippen molar-refractivity contribution in [2.75, 3.05) is 25.0 Å². The highest BCUT2D eigenvalue weighted by Gasteiger charge is 2.13. The van der Waals surface area contributed by atoms with Gasteiger partial charge in [-0.25, -0.2) is 0 Å². The van der Waals surface area contributed by atoms with Crippen LogP contribution in [0.5, 0.6) is 0 Å². The summed E-state index contributed by atoms with van der Waals surface area (Å²) in [5.41, 5.74) is 1.90. The van der Waals surface area contributed by atoms with Gasteiger partial charge in [-0.15, -0.1) is 0 Å². The van der Waals surface area contributed by atoms with E-state index in [0.717, 1.165) is 24.3 Å². The first-order chi connectivity index (χ1) is 7.31. The van der Waals surface area contributed by atoms with E-state index in [1.165, 1.54) is 12.8 Å². The summed E-state index contributed by atoms with van der Waals surface area (Å²) in [5, 5.41) is 2.64. The Morgan fingerprint density at radius 3 is 2.73 bits per heavy atom. The van der Waals surface area contributed by atoms with E-state index in [2.05, 4.69) is 16.3 Å². The Morgan fingerprint density at radius 2 is 2.07 bits per heavy atom. The van der Waals surface area contributed by atoms with Gasteiger partial charge in [-0.2, -0.15) is 0 Å². The Bertz CT molecular complexity index is 356. The second kappa shape index (κ2) is 4.34. The lowest BCUT2D eigenvalue weighted by atomic mass is 10.2. The Hall–Kier alpha value is -1.51. The molecule has 1 aromatic rings. The molecular weight excluding hydrogens is 188 g/mol. The molecule has 0 unspecified atom stereocenters. The molecule has 0 spiro atoms. The molecule has 1 fully saturated rings. The van der Waals surface area contributed by atoms with Gasteiger partial charge in [0.25, 0.3) is 5.91 Å². The normalized spacial score (nSPS) is 15.4. The summed E-state index contributed by atoms with van der Waals surface area (Å²) < 4.78 is 0. The van der Waals surface area contributed by atoms with Crippen molar-refractivity contribution in [2.24, 2.45) is 0 Å². The molecule has 0 radical (unpaired) electrons. The zero-order chi connectivity index (χ0) is 10.7. The van der Waals surface area contributed by atoms with Crippen molar-refractivity contribution in [3.63, 3.8) is 0 Å². The second-order valence-electron chi connectivity index (χ2n) is 3.82. The molecule has 3 nitrogen and oxygen atoms in total. The third kappa shape index (κ3) is 2.12. The maximum absolute atomic E-state index is 11.5. The van der Waals surface area contributed by atoms with Crippen LogP contribution in [0, 0.1) is 0 Å². The molecule has 2 rings (SSSR count). The molecule has 0 aromatic heterocycles. The van der Waals surface area contributed by atoms with Crippen LogP contribution in [-0.2, 0) is 0 Å². The first-order valence-electron chi connectivity index (χ1n) is 5.38. The summed E-state index contributed by atoms with van der Waals surface area (Å²) in [5.74, 6) is -0.0175. The van der Waals surface area contributed by atoms with E-state index >= 15 is 0 Å². The minimum atomic E-state index is -0.0175. The van der Waals surface area contributed by atoms with Crippen LogP contribution in [0.1, 0.15) is 23.2 Å². The van der Waals surface area contributed by atoms with E-state index in [9.17, 15) is 4.79 Å². The highest BCUT2D eigenvalue weighted by atomic mass is 16.1. The maximum atomic E-state index is 11.5. The van der Waals surface area contributed by atoms with Crippen molar-refractivity contribution < 1.29 is 4.79 Å². The van der Waals surface area contributed by atoms with Crippen LogP contribution in [0.3, 0.4) is 0 Å². The van der Waals surface area contributed by atoms with Gasteiger partial charge in [0.15, 0.2) is 0 Å². The largest absolute Gasteiger partial charge is 0.372 e. The van der Waals surface area contributed by atoms with Crippen molar-refractivity contribution in [2.45, 2.75) is 12.8 Å². The summed E-state index contributed by atoms with van der Waals surface area (Å²) >= 11 is 0. The SMILES string of the molecule is CNC(=O)c1cccc(N2CCCC2)c1. The summed E-state index contributed by atoms with van der Waals surface area (Å²) in [6, 6.07) is 7.82. The third-order valence-electron chi connectivity index (χ3n) is 2.81. The molecule has 3 heteroatoms.